The summed E-state index contributed by atoms with van der Waals surface area (Å²) >= 11 is 0. The fourth-order valence-corrected chi connectivity index (χ4v) is 1.96. The fraction of sp³-hybridized carbons (Fsp3) is 0.143. The fourth-order valence-electron chi connectivity index (χ4n) is 1.96. The number of pyridine rings is 1. The summed E-state index contributed by atoms with van der Waals surface area (Å²) in [6.45, 7) is 1.99. The molecule has 1 aromatic carbocycles. The van der Waals surface area contributed by atoms with E-state index in [0.717, 1.165) is 28.2 Å². The zero-order valence-corrected chi connectivity index (χ0v) is 9.88. The van der Waals surface area contributed by atoms with Gasteiger partial charge in [-0.1, -0.05) is 30.3 Å². The van der Waals surface area contributed by atoms with Gasteiger partial charge in [-0.3, -0.25) is 0 Å². The molecular weight excluding hydrogens is 210 g/mol. The molecule has 0 aliphatic carbocycles. The summed E-state index contributed by atoms with van der Waals surface area (Å²) in [6, 6.07) is 14.3. The highest BCUT2D eigenvalue weighted by Gasteiger charge is 2.06. The van der Waals surface area contributed by atoms with Gasteiger partial charge in [0.05, 0.1) is 11.2 Å². The lowest BCUT2D eigenvalue weighted by molar-refractivity contribution is 0.886. The Bertz CT molecular complexity index is 669. The smallest absolute Gasteiger partial charge is 0.178 e. The van der Waals surface area contributed by atoms with Crippen LogP contribution in [0.2, 0.25) is 0 Å². The van der Waals surface area contributed by atoms with Gasteiger partial charge in [-0.05, 0) is 19.1 Å². The first-order chi connectivity index (χ1) is 8.25. The van der Waals surface area contributed by atoms with Gasteiger partial charge in [-0.15, -0.1) is 0 Å². The van der Waals surface area contributed by atoms with Gasteiger partial charge in [-0.25, -0.2) is 9.97 Å². The normalized spacial score (nSPS) is 10.9. The highest BCUT2D eigenvalue weighted by molar-refractivity contribution is 5.76. The molecule has 0 amide bonds. The Kier molecular flexibility index (Phi) is 2.18. The zero-order valence-electron chi connectivity index (χ0n) is 9.88. The number of aromatic nitrogens is 3. The van der Waals surface area contributed by atoms with Crippen LogP contribution in [0.4, 0.5) is 0 Å². The van der Waals surface area contributed by atoms with E-state index < -0.39 is 0 Å². The van der Waals surface area contributed by atoms with Crippen molar-refractivity contribution in [3.05, 3.63) is 48.3 Å². The Hall–Kier alpha value is -2.16. The molecule has 0 spiro atoms. The molecule has 17 heavy (non-hydrogen) atoms. The van der Waals surface area contributed by atoms with Crippen LogP contribution in [0.5, 0.6) is 0 Å². The second-order valence-electron chi connectivity index (χ2n) is 4.12. The summed E-state index contributed by atoms with van der Waals surface area (Å²) in [7, 11) is 2.01. The first-order valence-electron chi connectivity index (χ1n) is 5.61. The molecule has 0 unspecified atom stereocenters. The minimum Gasteiger partial charge on any atom is -0.330 e. The highest BCUT2D eigenvalue weighted by Crippen LogP contribution is 2.20. The third kappa shape index (κ3) is 1.60. The molecule has 2 heterocycles. The van der Waals surface area contributed by atoms with Crippen molar-refractivity contribution in [1.29, 1.82) is 0 Å². The summed E-state index contributed by atoms with van der Waals surface area (Å²) in [5.74, 6) is 0.984. The Morgan fingerprint density at radius 3 is 2.47 bits per heavy atom. The van der Waals surface area contributed by atoms with Gasteiger partial charge >= 0.3 is 0 Å². The topological polar surface area (TPSA) is 30.7 Å². The van der Waals surface area contributed by atoms with E-state index in [1.54, 1.807) is 0 Å². The summed E-state index contributed by atoms with van der Waals surface area (Å²) in [6.07, 6.45) is 0. The van der Waals surface area contributed by atoms with Gasteiger partial charge in [0.15, 0.2) is 5.65 Å². The van der Waals surface area contributed by atoms with Crippen LogP contribution < -0.4 is 0 Å². The van der Waals surface area contributed by atoms with E-state index in [1.165, 1.54) is 0 Å². The van der Waals surface area contributed by atoms with E-state index in [9.17, 15) is 0 Å². The first-order valence-corrected chi connectivity index (χ1v) is 5.61. The predicted molar refractivity (Wildman–Crippen MR) is 68.7 cm³/mol. The maximum absolute atomic E-state index is 4.60. The minimum absolute atomic E-state index is 0.811. The molecule has 3 aromatic rings. The van der Waals surface area contributed by atoms with Crippen LogP contribution >= 0.6 is 0 Å². The number of hydrogen-bond acceptors (Lipinski definition) is 2. The number of hydrogen-bond donors (Lipinski definition) is 0. The third-order valence-corrected chi connectivity index (χ3v) is 3.04. The van der Waals surface area contributed by atoms with E-state index in [4.69, 9.17) is 0 Å². The second-order valence-corrected chi connectivity index (χ2v) is 4.12. The molecule has 0 radical (unpaired) electrons. The molecule has 3 heteroatoms. The highest BCUT2D eigenvalue weighted by atomic mass is 15.1. The van der Waals surface area contributed by atoms with Gasteiger partial charge in [0.2, 0.25) is 0 Å². The van der Waals surface area contributed by atoms with Crippen molar-refractivity contribution < 1.29 is 0 Å². The number of fused-ring (bicyclic) bond motifs is 1. The number of imidazole rings is 1. The summed E-state index contributed by atoms with van der Waals surface area (Å²) in [5, 5.41) is 0. The molecule has 0 saturated carbocycles. The molecule has 2 aromatic heterocycles. The molecule has 0 fully saturated rings. The van der Waals surface area contributed by atoms with E-state index in [0.29, 0.717) is 0 Å². The second kappa shape index (κ2) is 3.70. The molecule has 0 N–H and O–H groups in total. The van der Waals surface area contributed by atoms with Crippen molar-refractivity contribution >= 4 is 11.2 Å². The number of aryl methyl sites for hydroxylation is 2. The maximum atomic E-state index is 4.60. The van der Waals surface area contributed by atoms with E-state index in [1.807, 2.05) is 38.2 Å². The Labute approximate surface area is 99.8 Å². The number of rotatable bonds is 1. The molecule has 84 valence electrons. The largest absolute Gasteiger partial charge is 0.330 e. The molecule has 0 atom stereocenters. The van der Waals surface area contributed by atoms with Gasteiger partial charge in [-0.2, -0.15) is 0 Å². The van der Waals surface area contributed by atoms with Crippen molar-refractivity contribution in [2.75, 3.05) is 0 Å². The standard InChI is InChI=1S/C14H13N3/c1-10-15-14-13(17(10)2)9-8-12(16-14)11-6-4-3-5-7-11/h3-9H,1-2H3. The van der Waals surface area contributed by atoms with Crippen molar-refractivity contribution in [3.63, 3.8) is 0 Å². The van der Waals surface area contributed by atoms with E-state index >= 15 is 0 Å². The monoisotopic (exact) mass is 223 g/mol. The Morgan fingerprint density at radius 2 is 1.71 bits per heavy atom. The van der Waals surface area contributed by atoms with Gasteiger partial charge in [0.1, 0.15) is 5.82 Å². The van der Waals surface area contributed by atoms with Crippen molar-refractivity contribution in [3.8, 4) is 11.3 Å². The van der Waals surface area contributed by atoms with E-state index in [-0.39, 0.29) is 0 Å². The average molecular weight is 223 g/mol. The molecular formula is C14H13N3. The van der Waals surface area contributed by atoms with Crippen LogP contribution in [-0.2, 0) is 7.05 Å². The average Bonchev–Trinajstić information content (AvgIpc) is 2.66. The van der Waals surface area contributed by atoms with Gasteiger partial charge in [0.25, 0.3) is 0 Å². The van der Waals surface area contributed by atoms with Crippen molar-refractivity contribution in [2.24, 2.45) is 7.05 Å². The van der Waals surface area contributed by atoms with Crippen LogP contribution in [0.3, 0.4) is 0 Å². The van der Waals surface area contributed by atoms with Crippen molar-refractivity contribution in [2.45, 2.75) is 6.92 Å². The lowest BCUT2D eigenvalue weighted by atomic mass is 10.1. The van der Waals surface area contributed by atoms with Crippen LogP contribution in [-0.4, -0.2) is 14.5 Å². The molecule has 0 saturated heterocycles. The molecule has 0 aliphatic heterocycles. The lowest BCUT2D eigenvalue weighted by Crippen LogP contribution is -1.90. The number of nitrogens with zero attached hydrogens (tertiary/aromatic N) is 3. The lowest BCUT2D eigenvalue weighted by Gasteiger charge is -2.00. The van der Waals surface area contributed by atoms with Crippen LogP contribution in [0.1, 0.15) is 5.82 Å². The molecule has 0 aliphatic rings. The summed E-state index contributed by atoms with van der Waals surface area (Å²) in [5.41, 5.74) is 3.97. The Morgan fingerprint density at radius 1 is 0.941 bits per heavy atom. The van der Waals surface area contributed by atoms with Gasteiger partial charge in [0, 0.05) is 12.6 Å². The zero-order chi connectivity index (χ0) is 11.8. The molecule has 3 rings (SSSR count). The quantitative estimate of drug-likeness (QED) is 0.635. The Balaban J connectivity index is 2.21. The van der Waals surface area contributed by atoms with Crippen molar-refractivity contribution in [1.82, 2.24) is 14.5 Å². The molecule has 3 nitrogen and oxygen atoms in total. The van der Waals surface area contributed by atoms with Crippen LogP contribution in [0, 0.1) is 6.92 Å². The molecule has 0 bridgehead atoms. The minimum atomic E-state index is 0.811. The van der Waals surface area contributed by atoms with Crippen LogP contribution in [0.25, 0.3) is 22.4 Å². The van der Waals surface area contributed by atoms with E-state index in [2.05, 4.69) is 32.7 Å². The maximum Gasteiger partial charge on any atom is 0.178 e. The number of benzene rings is 1. The predicted octanol–water partition coefficient (Wildman–Crippen LogP) is 2.94. The van der Waals surface area contributed by atoms with Gasteiger partial charge < -0.3 is 4.57 Å². The third-order valence-electron chi connectivity index (χ3n) is 3.04. The summed E-state index contributed by atoms with van der Waals surface area (Å²) < 4.78 is 2.05. The SMILES string of the molecule is Cc1nc2nc(-c3ccccc3)ccc2n1C. The first kappa shape index (κ1) is 10.0. The summed E-state index contributed by atoms with van der Waals surface area (Å²) in [4.78, 5) is 9.05. The van der Waals surface area contributed by atoms with Crippen LogP contribution in [0.15, 0.2) is 42.5 Å².